The number of nitrogen functional groups attached to an aromatic ring is 1. The summed E-state index contributed by atoms with van der Waals surface area (Å²) >= 11 is 0. The van der Waals surface area contributed by atoms with E-state index in [4.69, 9.17) is 10.5 Å². The Morgan fingerprint density at radius 1 is 1.44 bits per heavy atom. The molecular formula is C12H16FNO2. The molecule has 0 bridgehead atoms. The van der Waals surface area contributed by atoms with Gasteiger partial charge in [0.25, 0.3) is 0 Å². The van der Waals surface area contributed by atoms with Crippen molar-refractivity contribution in [2.45, 2.75) is 20.3 Å². The lowest BCUT2D eigenvalue weighted by Crippen LogP contribution is -2.09. The molecule has 16 heavy (non-hydrogen) atoms. The molecular weight excluding hydrogens is 209 g/mol. The van der Waals surface area contributed by atoms with Crippen LogP contribution in [-0.2, 0) is 4.74 Å². The van der Waals surface area contributed by atoms with E-state index < -0.39 is 11.8 Å². The van der Waals surface area contributed by atoms with Gasteiger partial charge in [-0.05, 0) is 30.5 Å². The average molecular weight is 225 g/mol. The van der Waals surface area contributed by atoms with Crippen LogP contribution in [0.15, 0.2) is 18.2 Å². The molecule has 0 aliphatic carbocycles. The van der Waals surface area contributed by atoms with Crippen LogP contribution in [-0.4, -0.2) is 12.6 Å². The minimum atomic E-state index is -0.535. The number of halogens is 1. The van der Waals surface area contributed by atoms with Crippen LogP contribution in [0.3, 0.4) is 0 Å². The topological polar surface area (TPSA) is 52.3 Å². The first-order valence-corrected chi connectivity index (χ1v) is 5.22. The Labute approximate surface area is 94.4 Å². The summed E-state index contributed by atoms with van der Waals surface area (Å²) < 4.78 is 17.9. The van der Waals surface area contributed by atoms with Gasteiger partial charge >= 0.3 is 5.97 Å². The lowest BCUT2D eigenvalue weighted by Gasteiger charge is -2.07. The van der Waals surface area contributed by atoms with E-state index >= 15 is 0 Å². The third-order valence-electron chi connectivity index (χ3n) is 2.08. The highest BCUT2D eigenvalue weighted by molar-refractivity contribution is 5.90. The van der Waals surface area contributed by atoms with Crippen LogP contribution in [0, 0.1) is 11.7 Å². The molecule has 0 amide bonds. The second kappa shape index (κ2) is 5.49. The summed E-state index contributed by atoms with van der Waals surface area (Å²) in [6.07, 6.45) is 0.788. The summed E-state index contributed by atoms with van der Waals surface area (Å²) in [6.45, 7) is 4.41. The first-order chi connectivity index (χ1) is 7.49. The van der Waals surface area contributed by atoms with Gasteiger partial charge in [-0.2, -0.15) is 0 Å². The van der Waals surface area contributed by atoms with E-state index in [1.807, 2.05) is 13.8 Å². The van der Waals surface area contributed by atoms with E-state index in [2.05, 4.69) is 0 Å². The molecule has 0 aliphatic heterocycles. The Balaban J connectivity index is 2.59. The number of rotatable bonds is 4. The van der Waals surface area contributed by atoms with E-state index in [9.17, 15) is 9.18 Å². The Hall–Kier alpha value is -1.58. The van der Waals surface area contributed by atoms with Gasteiger partial charge in [0, 0.05) is 5.69 Å². The smallest absolute Gasteiger partial charge is 0.338 e. The van der Waals surface area contributed by atoms with Crippen molar-refractivity contribution < 1.29 is 13.9 Å². The molecule has 88 valence electrons. The van der Waals surface area contributed by atoms with Crippen LogP contribution < -0.4 is 5.73 Å². The number of ether oxygens (including phenoxy) is 1. The predicted molar refractivity (Wildman–Crippen MR) is 60.5 cm³/mol. The number of hydrogen-bond acceptors (Lipinski definition) is 3. The molecule has 1 aromatic carbocycles. The van der Waals surface area contributed by atoms with Crippen LogP contribution >= 0.6 is 0 Å². The summed E-state index contributed by atoms with van der Waals surface area (Å²) in [4.78, 5) is 11.5. The fraction of sp³-hybridized carbons (Fsp3) is 0.417. The molecule has 0 saturated carbocycles. The van der Waals surface area contributed by atoms with Gasteiger partial charge in [0.05, 0.1) is 12.2 Å². The first-order valence-electron chi connectivity index (χ1n) is 5.22. The van der Waals surface area contributed by atoms with Gasteiger partial charge in [-0.15, -0.1) is 0 Å². The molecule has 0 heterocycles. The monoisotopic (exact) mass is 225 g/mol. The van der Waals surface area contributed by atoms with Crippen molar-refractivity contribution in [2.75, 3.05) is 12.3 Å². The Morgan fingerprint density at radius 2 is 2.12 bits per heavy atom. The second-order valence-corrected chi connectivity index (χ2v) is 4.09. The third-order valence-corrected chi connectivity index (χ3v) is 2.08. The van der Waals surface area contributed by atoms with E-state index in [-0.39, 0.29) is 11.3 Å². The zero-order valence-corrected chi connectivity index (χ0v) is 9.50. The van der Waals surface area contributed by atoms with Gasteiger partial charge < -0.3 is 10.5 Å². The summed E-state index contributed by atoms with van der Waals surface area (Å²) in [5.74, 6) is -0.604. The minimum absolute atomic E-state index is 0.154. The Bertz CT molecular complexity index is 357. The zero-order valence-electron chi connectivity index (χ0n) is 9.50. The fourth-order valence-corrected chi connectivity index (χ4v) is 1.20. The molecule has 0 aromatic heterocycles. The van der Waals surface area contributed by atoms with Crippen molar-refractivity contribution in [3.63, 3.8) is 0 Å². The largest absolute Gasteiger partial charge is 0.462 e. The average Bonchev–Trinajstić information content (AvgIpc) is 2.15. The maximum atomic E-state index is 13.0. The van der Waals surface area contributed by atoms with Crippen molar-refractivity contribution in [3.05, 3.63) is 29.6 Å². The number of carbonyl (C=O) groups is 1. The molecule has 0 radical (unpaired) electrons. The van der Waals surface area contributed by atoms with Gasteiger partial charge in [-0.1, -0.05) is 13.8 Å². The minimum Gasteiger partial charge on any atom is -0.462 e. The fourth-order valence-electron chi connectivity index (χ4n) is 1.20. The van der Waals surface area contributed by atoms with E-state index in [1.165, 1.54) is 6.07 Å². The van der Waals surface area contributed by atoms with Crippen molar-refractivity contribution in [3.8, 4) is 0 Å². The van der Waals surface area contributed by atoms with Crippen LogP contribution in [0.2, 0.25) is 0 Å². The number of nitrogens with two attached hydrogens (primary N) is 1. The van der Waals surface area contributed by atoms with Crippen molar-refractivity contribution in [2.24, 2.45) is 5.92 Å². The number of benzene rings is 1. The highest BCUT2D eigenvalue weighted by Gasteiger charge is 2.09. The number of hydrogen-bond donors (Lipinski definition) is 1. The first kappa shape index (κ1) is 12.5. The molecule has 0 saturated heterocycles. The van der Waals surface area contributed by atoms with Crippen LogP contribution in [0.4, 0.5) is 10.1 Å². The van der Waals surface area contributed by atoms with Gasteiger partial charge in [0.1, 0.15) is 5.82 Å². The third kappa shape index (κ3) is 3.88. The molecule has 4 heteroatoms. The molecule has 3 nitrogen and oxygen atoms in total. The molecule has 0 spiro atoms. The molecule has 0 unspecified atom stereocenters. The molecule has 1 rings (SSSR count). The highest BCUT2D eigenvalue weighted by atomic mass is 19.1. The standard InChI is InChI=1S/C12H16FNO2/c1-8(2)3-4-16-12(15)9-5-10(13)7-11(14)6-9/h5-8H,3-4,14H2,1-2H3. The maximum absolute atomic E-state index is 13.0. The number of carbonyl (C=O) groups excluding carboxylic acids is 1. The molecule has 0 atom stereocenters. The normalized spacial score (nSPS) is 10.5. The molecule has 1 aromatic rings. The molecule has 0 fully saturated rings. The number of anilines is 1. The Kier molecular flexibility index (Phi) is 4.28. The van der Waals surface area contributed by atoms with Gasteiger partial charge in [-0.3, -0.25) is 0 Å². The summed E-state index contributed by atoms with van der Waals surface area (Å²) in [5, 5.41) is 0. The second-order valence-electron chi connectivity index (χ2n) is 4.09. The molecule has 2 N–H and O–H groups in total. The van der Waals surface area contributed by atoms with E-state index in [0.717, 1.165) is 18.6 Å². The number of esters is 1. The summed E-state index contributed by atoms with van der Waals surface area (Å²) in [5.41, 5.74) is 5.80. The van der Waals surface area contributed by atoms with E-state index in [1.54, 1.807) is 0 Å². The van der Waals surface area contributed by atoms with Gasteiger partial charge in [-0.25, -0.2) is 9.18 Å². The van der Waals surface area contributed by atoms with Crippen LogP contribution in [0.5, 0.6) is 0 Å². The molecule has 0 aliphatic rings. The van der Waals surface area contributed by atoms with Crippen LogP contribution in [0.1, 0.15) is 30.6 Å². The quantitative estimate of drug-likeness (QED) is 0.633. The van der Waals surface area contributed by atoms with Gasteiger partial charge in [0.15, 0.2) is 0 Å². The maximum Gasteiger partial charge on any atom is 0.338 e. The SMILES string of the molecule is CC(C)CCOC(=O)c1cc(N)cc(F)c1. The van der Waals surface area contributed by atoms with Gasteiger partial charge in [0.2, 0.25) is 0 Å². The van der Waals surface area contributed by atoms with E-state index in [0.29, 0.717) is 12.5 Å². The van der Waals surface area contributed by atoms with Crippen molar-refractivity contribution in [1.82, 2.24) is 0 Å². The Morgan fingerprint density at radius 3 is 2.69 bits per heavy atom. The summed E-state index contributed by atoms with van der Waals surface area (Å²) in [6, 6.07) is 3.68. The lowest BCUT2D eigenvalue weighted by molar-refractivity contribution is 0.0487. The zero-order chi connectivity index (χ0) is 12.1. The van der Waals surface area contributed by atoms with Crippen LogP contribution in [0.25, 0.3) is 0 Å². The highest BCUT2D eigenvalue weighted by Crippen LogP contribution is 2.12. The van der Waals surface area contributed by atoms with Crippen molar-refractivity contribution in [1.29, 1.82) is 0 Å². The van der Waals surface area contributed by atoms with Crippen molar-refractivity contribution >= 4 is 11.7 Å². The summed E-state index contributed by atoms with van der Waals surface area (Å²) in [7, 11) is 0. The predicted octanol–water partition coefficient (Wildman–Crippen LogP) is 2.61. The lowest BCUT2D eigenvalue weighted by atomic mass is 10.1.